The highest BCUT2D eigenvalue weighted by molar-refractivity contribution is 5.90. The number of hydrogen-bond donors (Lipinski definition) is 1. The van der Waals surface area contributed by atoms with Gasteiger partial charge in [0.1, 0.15) is 11.0 Å². The molecule has 0 aliphatic carbocycles. The summed E-state index contributed by atoms with van der Waals surface area (Å²) in [5.41, 5.74) is 10.4. The van der Waals surface area contributed by atoms with Crippen LogP contribution in [0.4, 0.5) is 5.69 Å². The number of rotatable bonds is 2. The van der Waals surface area contributed by atoms with Crippen LogP contribution < -0.4 is 5.73 Å². The van der Waals surface area contributed by atoms with E-state index in [1.807, 2.05) is 36.7 Å². The zero-order chi connectivity index (χ0) is 15.0. The first-order valence-corrected chi connectivity index (χ1v) is 6.75. The zero-order valence-corrected chi connectivity index (χ0v) is 11.9. The Kier molecular flexibility index (Phi) is 3.07. The van der Waals surface area contributed by atoms with Crippen molar-refractivity contribution in [3.05, 3.63) is 42.1 Å². The van der Waals surface area contributed by atoms with Gasteiger partial charge in [-0.05, 0) is 26.0 Å². The fourth-order valence-corrected chi connectivity index (χ4v) is 2.43. The van der Waals surface area contributed by atoms with E-state index in [0.29, 0.717) is 16.9 Å². The number of pyridine rings is 1. The van der Waals surface area contributed by atoms with Crippen LogP contribution in [0.25, 0.3) is 22.3 Å². The first-order chi connectivity index (χ1) is 10.1. The summed E-state index contributed by atoms with van der Waals surface area (Å²) >= 11 is 0. The number of aromatic nitrogens is 3. The highest BCUT2D eigenvalue weighted by Gasteiger charge is 2.14. The third-order valence-corrected chi connectivity index (χ3v) is 3.40. The number of anilines is 1. The Morgan fingerprint density at radius 1 is 1.29 bits per heavy atom. The fourth-order valence-electron chi connectivity index (χ4n) is 2.43. The van der Waals surface area contributed by atoms with Crippen molar-refractivity contribution in [3.63, 3.8) is 0 Å². The highest BCUT2D eigenvalue weighted by atomic mass is 15.3. The van der Waals surface area contributed by atoms with Crippen LogP contribution in [0.1, 0.15) is 25.5 Å². The second kappa shape index (κ2) is 4.91. The molecule has 5 nitrogen and oxygen atoms in total. The van der Waals surface area contributed by atoms with Crippen LogP contribution in [0.15, 0.2) is 36.5 Å². The maximum Gasteiger partial charge on any atom is 0.111 e. The molecule has 0 aliphatic rings. The van der Waals surface area contributed by atoms with Crippen molar-refractivity contribution in [2.75, 3.05) is 5.73 Å². The Bertz CT molecular complexity index is 855. The molecule has 2 N–H and O–H groups in total. The molecular formula is C16H15N5. The predicted octanol–water partition coefficient (Wildman–Crippen LogP) is 3.13. The second-order valence-electron chi connectivity index (χ2n) is 5.17. The van der Waals surface area contributed by atoms with Gasteiger partial charge in [-0.1, -0.05) is 18.2 Å². The molecule has 3 aromatic rings. The van der Waals surface area contributed by atoms with Gasteiger partial charge in [0.2, 0.25) is 0 Å². The van der Waals surface area contributed by atoms with Gasteiger partial charge >= 0.3 is 0 Å². The third kappa shape index (κ3) is 2.11. The molecule has 0 radical (unpaired) electrons. The van der Waals surface area contributed by atoms with Crippen LogP contribution in [0.2, 0.25) is 0 Å². The molecule has 0 saturated carbocycles. The summed E-state index contributed by atoms with van der Waals surface area (Å²) in [4.78, 5) is 4.60. The van der Waals surface area contributed by atoms with E-state index in [9.17, 15) is 5.26 Å². The Hall–Kier alpha value is -2.87. The van der Waals surface area contributed by atoms with Crippen molar-refractivity contribution in [3.8, 4) is 17.3 Å². The zero-order valence-electron chi connectivity index (χ0n) is 11.9. The van der Waals surface area contributed by atoms with Crippen LogP contribution in [0.3, 0.4) is 0 Å². The largest absolute Gasteiger partial charge is 0.397 e. The maximum atomic E-state index is 9.21. The van der Waals surface area contributed by atoms with Gasteiger partial charge in [-0.25, -0.2) is 4.98 Å². The van der Waals surface area contributed by atoms with Crippen molar-refractivity contribution < 1.29 is 0 Å². The average Bonchev–Trinajstić information content (AvgIpc) is 2.92. The lowest BCUT2D eigenvalue weighted by Gasteiger charge is -2.10. The average molecular weight is 277 g/mol. The fraction of sp³-hybridized carbons (Fsp3) is 0.188. The Balaban J connectivity index is 2.25. The molecule has 3 rings (SSSR count). The topological polar surface area (TPSA) is 80.5 Å². The summed E-state index contributed by atoms with van der Waals surface area (Å²) in [7, 11) is 0. The molecule has 0 aliphatic heterocycles. The van der Waals surface area contributed by atoms with E-state index in [-0.39, 0.29) is 6.04 Å². The number of benzene rings is 1. The minimum absolute atomic E-state index is 0.212. The second-order valence-corrected chi connectivity index (χ2v) is 5.17. The summed E-state index contributed by atoms with van der Waals surface area (Å²) < 4.78 is 1.86. The van der Waals surface area contributed by atoms with E-state index in [2.05, 4.69) is 16.2 Å². The van der Waals surface area contributed by atoms with Crippen molar-refractivity contribution in [1.29, 1.82) is 5.26 Å². The summed E-state index contributed by atoms with van der Waals surface area (Å²) in [6.45, 7) is 4.09. The maximum absolute atomic E-state index is 9.21. The molecule has 0 amide bonds. The van der Waals surface area contributed by atoms with Crippen molar-refractivity contribution in [1.82, 2.24) is 14.8 Å². The highest BCUT2D eigenvalue weighted by Crippen LogP contribution is 2.29. The van der Waals surface area contributed by atoms with Crippen molar-refractivity contribution >= 4 is 16.7 Å². The SMILES string of the molecule is CC(C)n1ncc2nc(-c3ccccc3C#N)cc(N)c21. The van der Waals surface area contributed by atoms with Gasteiger partial charge in [0.15, 0.2) is 0 Å². The smallest absolute Gasteiger partial charge is 0.111 e. The number of nitrogens with zero attached hydrogens (tertiary/aromatic N) is 4. The lowest BCUT2D eigenvalue weighted by atomic mass is 10.0. The quantitative estimate of drug-likeness (QED) is 0.780. The standard InChI is InChI=1S/C16H15N5/c1-10(2)21-16-13(18)7-14(20-15(16)9-19-21)12-6-4-3-5-11(12)8-17/h3-7,9-10H,1-2H3,(H2,18,20). The van der Waals surface area contributed by atoms with Crippen LogP contribution in [0, 0.1) is 11.3 Å². The van der Waals surface area contributed by atoms with E-state index >= 15 is 0 Å². The van der Waals surface area contributed by atoms with Gasteiger partial charge in [0.25, 0.3) is 0 Å². The monoisotopic (exact) mass is 277 g/mol. The molecule has 104 valence electrons. The normalized spacial score (nSPS) is 11.0. The van der Waals surface area contributed by atoms with Crippen LogP contribution in [-0.2, 0) is 0 Å². The molecule has 0 saturated heterocycles. The molecule has 0 bridgehead atoms. The van der Waals surface area contributed by atoms with E-state index in [1.54, 1.807) is 18.3 Å². The van der Waals surface area contributed by atoms with Crippen molar-refractivity contribution in [2.24, 2.45) is 0 Å². The van der Waals surface area contributed by atoms with E-state index in [4.69, 9.17) is 5.73 Å². The molecule has 21 heavy (non-hydrogen) atoms. The van der Waals surface area contributed by atoms with E-state index < -0.39 is 0 Å². The van der Waals surface area contributed by atoms with Gasteiger partial charge in [0, 0.05) is 11.6 Å². The first kappa shape index (κ1) is 13.1. The molecular weight excluding hydrogens is 262 g/mol. The Morgan fingerprint density at radius 2 is 2.05 bits per heavy atom. The number of hydrogen-bond acceptors (Lipinski definition) is 4. The first-order valence-electron chi connectivity index (χ1n) is 6.75. The van der Waals surface area contributed by atoms with E-state index in [0.717, 1.165) is 16.6 Å². The number of nitrogen functional groups attached to an aromatic ring is 1. The molecule has 1 aromatic carbocycles. The molecule has 5 heteroatoms. The van der Waals surface area contributed by atoms with Gasteiger partial charge in [-0.3, -0.25) is 4.68 Å². The Morgan fingerprint density at radius 3 is 2.76 bits per heavy atom. The van der Waals surface area contributed by atoms with Crippen LogP contribution in [0.5, 0.6) is 0 Å². The summed E-state index contributed by atoms with van der Waals surface area (Å²) in [6, 6.07) is 11.6. The summed E-state index contributed by atoms with van der Waals surface area (Å²) in [5, 5.41) is 13.6. The van der Waals surface area contributed by atoms with Crippen molar-refractivity contribution in [2.45, 2.75) is 19.9 Å². The Labute approximate surface area is 122 Å². The minimum atomic E-state index is 0.212. The van der Waals surface area contributed by atoms with Crippen LogP contribution in [-0.4, -0.2) is 14.8 Å². The molecule has 0 fully saturated rings. The van der Waals surface area contributed by atoms with Gasteiger partial charge in [0.05, 0.1) is 29.2 Å². The summed E-state index contributed by atoms with van der Waals surface area (Å²) in [6.07, 6.45) is 1.71. The van der Waals surface area contributed by atoms with Gasteiger partial charge in [-0.15, -0.1) is 0 Å². The number of fused-ring (bicyclic) bond motifs is 1. The third-order valence-electron chi connectivity index (χ3n) is 3.40. The summed E-state index contributed by atoms with van der Waals surface area (Å²) in [5.74, 6) is 0. The molecule has 2 heterocycles. The molecule has 0 atom stereocenters. The van der Waals surface area contributed by atoms with Gasteiger partial charge in [-0.2, -0.15) is 10.4 Å². The number of nitriles is 1. The van der Waals surface area contributed by atoms with Crippen LogP contribution >= 0.6 is 0 Å². The molecule has 2 aromatic heterocycles. The van der Waals surface area contributed by atoms with E-state index in [1.165, 1.54) is 0 Å². The lowest BCUT2D eigenvalue weighted by Crippen LogP contribution is -2.04. The minimum Gasteiger partial charge on any atom is -0.397 e. The molecule has 0 spiro atoms. The molecule has 0 unspecified atom stereocenters. The van der Waals surface area contributed by atoms with Gasteiger partial charge < -0.3 is 5.73 Å². The lowest BCUT2D eigenvalue weighted by molar-refractivity contribution is 0.551. The number of nitrogens with two attached hydrogens (primary N) is 1. The predicted molar refractivity (Wildman–Crippen MR) is 82.5 cm³/mol.